The zero-order chi connectivity index (χ0) is 17.6. The van der Waals surface area contributed by atoms with Gasteiger partial charge in [0.25, 0.3) is 0 Å². The Morgan fingerprint density at radius 3 is 2.84 bits per heavy atom. The number of amides is 1. The summed E-state index contributed by atoms with van der Waals surface area (Å²) in [7, 11) is 0. The molecule has 2 aliphatic carbocycles. The molecule has 0 radical (unpaired) electrons. The highest BCUT2D eigenvalue weighted by Gasteiger charge is 2.42. The summed E-state index contributed by atoms with van der Waals surface area (Å²) in [6.07, 6.45) is 6.55. The lowest BCUT2D eigenvalue weighted by atomic mass is 9.91. The molecule has 0 unspecified atom stereocenters. The van der Waals surface area contributed by atoms with Gasteiger partial charge < -0.3 is 5.73 Å². The quantitative estimate of drug-likeness (QED) is 0.930. The summed E-state index contributed by atoms with van der Waals surface area (Å²) in [4.78, 5) is 16.2. The van der Waals surface area contributed by atoms with Crippen LogP contribution in [0.3, 0.4) is 0 Å². The molecule has 1 aromatic carbocycles. The second kappa shape index (κ2) is 6.28. The Kier molecular flexibility index (Phi) is 4.10. The van der Waals surface area contributed by atoms with E-state index in [-0.39, 0.29) is 12.3 Å². The maximum absolute atomic E-state index is 11.4. The monoisotopic (exact) mass is 338 g/mol. The summed E-state index contributed by atoms with van der Waals surface area (Å²) in [5.74, 6) is 3.20. The maximum Gasteiger partial charge on any atom is 0.225 e. The molecule has 1 heterocycles. The normalized spacial score (nSPS) is 25.3. The molecule has 0 spiro atoms. The standard InChI is InChI=1S/C20H26N4O/c1-12-6-9-17(13(2)10-12)24-20(22-19(23-24)11-18(21)25)16-8-7-14-4-3-5-15(14)16/h6,9-10,14-16H,3-5,7-8,11H2,1-2H3,(H2,21,25)/t14-,15-,16-/m0/s1. The molecule has 2 aromatic rings. The SMILES string of the molecule is Cc1ccc(-n2nc(CC(N)=O)nc2[C@H]2CC[C@@H]3CCC[C@@H]32)c(C)c1. The molecule has 4 rings (SSSR count). The Bertz CT molecular complexity index is 810. The molecule has 0 aliphatic heterocycles. The van der Waals surface area contributed by atoms with Crippen molar-refractivity contribution in [3.63, 3.8) is 0 Å². The molecule has 2 aliphatic rings. The number of rotatable bonds is 4. The summed E-state index contributed by atoms with van der Waals surface area (Å²) in [6.45, 7) is 4.20. The van der Waals surface area contributed by atoms with Gasteiger partial charge in [0.1, 0.15) is 5.82 Å². The fourth-order valence-corrected chi connectivity index (χ4v) is 4.94. The van der Waals surface area contributed by atoms with E-state index in [1.54, 1.807) is 0 Å². The smallest absolute Gasteiger partial charge is 0.225 e. The van der Waals surface area contributed by atoms with Crippen molar-refractivity contribution in [1.82, 2.24) is 14.8 Å². The molecule has 0 saturated heterocycles. The summed E-state index contributed by atoms with van der Waals surface area (Å²) in [5.41, 5.74) is 8.86. The number of benzene rings is 1. The lowest BCUT2D eigenvalue weighted by Crippen LogP contribution is -2.14. The Labute approximate surface area is 148 Å². The Hall–Kier alpha value is -2.17. The third kappa shape index (κ3) is 2.96. The van der Waals surface area contributed by atoms with Crippen LogP contribution < -0.4 is 5.73 Å². The number of nitrogens with zero attached hydrogens (tertiary/aromatic N) is 3. The molecular formula is C20H26N4O. The lowest BCUT2D eigenvalue weighted by molar-refractivity contribution is -0.117. The maximum atomic E-state index is 11.4. The second-order valence-corrected chi connectivity index (χ2v) is 7.77. The van der Waals surface area contributed by atoms with Crippen LogP contribution >= 0.6 is 0 Å². The van der Waals surface area contributed by atoms with Gasteiger partial charge in [-0.1, -0.05) is 30.5 Å². The molecule has 2 fully saturated rings. The van der Waals surface area contributed by atoms with Crippen LogP contribution in [0.15, 0.2) is 18.2 Å². The van der Waals surface area contributed by atoms with Gasteiger partial charge in [0.15, 0.2) is 5.82 Å². The molecule has 1 amide bonds. The first-order chi connectivity index (χ1) is 12.0. The largest absolute Gasteiger partial charge is 0.369 e. The van der Waals surface area contributed by atoms with Crippen LogP contribution in [-0.2, 0) is 11.2 Å². The van der Waals surface area contributed by atoms with Gasteiger partial charge in [-0.05, 0) is 56.6 Å². The van der Waals surface area contributed by atoms with Crippen molar-refractivity contribution < 1.29 is 4.79 Å². The minimum atomic E-state index is -0.380. The van der Waals surface area contributed by atoms with Crippen LogP contribution in [0.25, 0.3) is 5.69 Å². The van der Waals surface area contributed by atoms with E-state index in [1.807, 2.05) is 4.68 Å². The molecule has 3 atom stereocenters. The fraction of sp³-hybridized carbons (Fsp3) is 0.550. The molecule has 2 N–H and O–H groups in total. The van der Waals surface area contributed by atoms with Crippen LogP contribution in [0, 0.1) is 25.7 Å². The summed E-state index contributed by atoms with van der Waals surface area (Å²) < 4.78 is 1.98. The van der Waals surface area contributed by atoms with Crippen molar-refractivity contribution >= 4 is 5.91 Å². The molecule has 25 heavy (non-hydrogen) atoms. The van der Waals surface area contributed by atoms with Crippen LogP contribution in [0.5, 0.6) is 0 Å². The average Bonchev–Trinajstić information content (AvgIpc) is 3.21. The third-order valence-electron chi connectivity index (χ3n) is 6.00. The average molecular weight is 338 g/mol. The van der Waals surface area contributed by atoms with Gasteiger partial charge in [0.2, 0.25) is 5.91 Å². The van der Waals surface area contributed by atoms with E-state index in [4.69, 9.17) is 10.7 Å². The number of aryl methyl sites for hydroxylation is 2. The zero-order valence-corrected chi connectivity index (χ0v) is 15.0. The molecule has 132 valence electrons. The topological polar surface area (TPSA) is 73.8 Å². The van der Waals surface area contributed by atoms with Crippen LogP contribution in [0.2, 0.25) is 0 Å². The number of hydrogen-bond donors (Lipinski definition) is 1. The Morgan fingerprint density at radius 1 is 1.24 bits per heavy atom. The minimum Gasteiger partial charge on any atom is -0.369 e. The van der Waals surface area contributed by atoms with Gasteiger partial charge >= 0.3 is 0 Å². The van der Waals surface area contributed by atoms with Gasteiger partial charge in [-0.25, -0.2) is 9.67 Å². The highest BCUT2D eigenvalue weighted by Crippen LogP contribution is 2.51. The van der Waals surface area contributed by atoms with Crippen LogP contribution in [0.1, 0.15) is 60.8 Å². The number of carbonyl (C=O) groups excluding carboxylic acids is 1. The van der Waals surface area contributed by atoms with Crippen molar-refractivity contribution in [3.05, 3.63) is 41.0 Å². The van der Waals surface area contributed by atoms with E-state index < -0.39 is 0 Å². The van der Waals surface area contributed by atoms with E-state index in [1.165, 1.54) is 43.2 Å². The van der Waals surface area contributed by atoms with Gasteiger partial charge in [0.05, 0.1) is 12.1 Å². The molecular weight excluding hydrogens is 312 g/mol. The molecule has 2 saturated carbocycles. The first-order valence-corrected chi connectivity index (χ1v) is 9.34. The van der Waals surface area contributed by atoms with Gasteiger partial charge in [0, 0.05) is 5.92 Å². The third-order valence-corrected chi connectivity index (χ3v) is 6.00. The number of primary amides is 1. The van der Waals surface area contributed by atoms with E-state index in [0.717, 1.165) is 23.3 Å². The van der Waals surface area contributed by atoms with Crippen LogP contribution in [0.4, 0.5) is 0 Å². The second-order valence-electron chi connectivity index (χ2n) is 7.77. The van der Waals surface area contributed by atoms with Gasteiger partial charge in [-0.15, -0.1) is 0 Å². The summed E-state index contributed by atoms with van der Waals surface area (Å²) >= 11 is 0. The number of hydrogen-bond acceptors (Lipinski definition) is 3. The van der Waals surface area contributed by atoms with Crippen molar-refractivity contribution in [2.75, 3.05) is 0 Å². The summed E-state index contributed by atoms with van der Waals surface area (Å²) in [6, 6.07) is 6.38. The van der Waals surface area contributed by atoms with E-state index >= 15 is 0 Å². The Balaban J connectivity index is 1.79. The van der Waals surface area contributed by atoms with Gasteiger partial charge in [-0.2, -0.15) is 5.10 Å². The fourth-order valence-electron chi connectivity index (χ4n) is 4.94. The predicted octanol–water partition coefficient (Wildman–Crippen LogP) is 3.21. The van der Waals surface area contributed by atoms with Crippen molar-refractivity contribution in [3.8, 4) is 5.69 Å². The number of aromatic nitrogens is 3. The minimum absolute atomic E-state index is 0.103. The first-order valence-electron chi connectivity index (χ1n) is 9.34. The molecule has 0 bridgehead atoms. The lowest BCUT2D eigenvalue weighted by Gasteiger charge is -2.19. The van der Waals surface area contributed by atoms with Crippen molar-refractivity contribution in [2.45, 2.75) is 58.3 Å². The Morgan fingerprint density at radius 2 is 2.08 bits per heavy atom. The first kappa shape index (κ1) is 16.3. The summed E-state index contributed by atoms with van der Waals surface area (Å²) in [5, 5.41) is 4.67. The zero-order valence-electron chi connectivity index (χ0n) is 15.0. The van der Waals surface area contributed by atoms with Crippen LogP contribution in [-0.4, -0.2) is 20.7 Å². The number of fused-ring (bicyclic) bond motifs is 1. The van der Waals surface area contributed by atoms with Crippen molar-refractivity contribution in [1.29, 1.82) is 0 Å². The molecule has 5 nitrogen and oxygen atoms in total. The number of nitrogens with two attached hydrogens (primary N) is 1. The van der Waals surface area contributed by atoms with E-state index in [9.17, 15) is 4.79 Å². The van der Waals surface area contributed by atoms with Crippen molar-refractivity contribution in [2.24, 2.45) is 17.6 Å². The van der Waals surface area contributed by atoms with Gasteiger partial charge in [-0.3, -0.25) is 4.79 Å². The van der Waals surface area contributed by atoms with E-state index in [2.05, 4.69) is 37.1 Å². The number of carbonyl (C=O) groups is 1. The van der Waals surface area contributed by atoms with E-state index in [0.29, 0.717) is 11.7 Å². The predicted molar refractivity (Wildman–Crippen MR) is 96.5 cm³/mol. The molecule has 5 heteroatoms. The highest BCUT2D eigenvalue weighted by molar-refractivity contribution is 5.75. The highest BCUT2D eigenvalue weighted by atomic mass is 16.1. The molecule has 1 aromatic heterocycles.